The van der Waals surface area contributed by atoms with Crippen molar-refractivity contribution in [3.05, 3.63) is 36.4 Å². The van der Waals surface area contributed by atoms with Gasteiger partial charge in [0, 0.05) is 16.2 Å². The van der Waals surface area contributed by atoms with Crippen LogP contribution in [0, 0.1) is 0 Å². The molecule has 3 aromatic rings. The van der Waals surface area contributed by atoms with Crippen LogP contribution in [0.15, 0.2) is 36.4 Å². The SMILES string of the molecule is CCCCCCCCCCCCCCCCCCOc1ccc2c(OCCCCCCCCCCCCCCCCCC)c3ccccc3c(OCCCCCCCCCCCCCCCCCC)c2c1OCCCCCCCCCCCCCCCCCC. The second-order valence-corrected chi connectivity index (χ2v) is 28.6. The van der Waals surface area contributed by atoms with E-state index < -0.39 is 0 Å². The van der Waals surface area contributed by atoms with Crippen LogP contribution in [-0.4, -0.2) is 26.4 Å². The van der Waals surface area contributed by atoms with Crippen molar-refractivity contribution < 1.29 is 18.9 Å². The van der Waals surface area contributed by atoms with Gasteiger partial charge >= 0.3 is 0 Å². The van der Waals surface area contributed by atoms with E-state index in [-0.39, 0.29) is 0 Å². The molecule has 3 rings (SSSR count). The topological polar surface area (TPSA) is 36.9 Å². The molecule has 0 aliphatic heterocycles. The van der Waals surface area contributed by atoms with Gasteiger partial charge in [-0.3, -0.25) is 0 Å². The summed E-state index contributed by atoms with van der Waals surface area (Å²) in [6.07, 6.45) is 87.7. The summed E-state index contributed by atoms with van der Waals surface area (Å²) in [5.41, 5.74) is 0. The number of benzene rings is 3. The molecule has 0 heterocycles. The van der Waals surface area contributed by atoms with Crippen LogP contribution < -0.4 is 18.9 Å². The number of rotatable bonds is 72. The smallest absolute Gasteiger partial charge is 0.172 e. The Balaban J connectivity index is 1.66. The van der Waals surface area contributed by atoms with Gasteiger partial charge in [0.2, 0.25) is 0 Å². The summed E-state index contributed by atoms with van der Waals surface area (Å²) in [7, 11) is 0. The van der Waals surface area contributed by atoms with E-state index in [0.717, 1.165) is 76.8 Å². The number of hydrogen-bond acceptors (Lipinski definition) is 4. The van der Waals surface area contributed by atoms with Crippen molar-refractivity contribution in [2.45, 2.75) is 439 Å². The Labute approximate surface area is 562 Å². The maximum Gasteiger partial charge on any atom is 0.172 e. The van der Waals surface area contributed by atoms with Gasteiger partial charge in [0.25, 0.3) is 0 Å². The molecule has 0 aromatic heterocycles. The fourth-order valence-corrected chi connectivity index (χ4v) is 14.0. The molecule has 0 aliphatic carbocycles. The third-order valence-electron chi connectivity index (χ3n) is 20.0. The largest absolute Gasteiger partial charge is 0.492 e. The zero-order chi connectivity index (χ0) is 63.8. The second kappa shape index (κ2) is 63.8. The van der Waals surface area contributed by atoms with E-state index in [1.807, 2.05) is 0 Å². The molecule has 0 aliphatic rings. The van der Waals surface area contributed by atoms with Gasteiger partial charge in [-0.05, 0) is 37.8 Å². The first-order chi connectivity index (χ1) is 44.8. The third-order valence-corrected chi connectivity index (χ3v) is 20.0. The Morgan fingerprint density at radius 2 is 0.378 bits per heavy atom. The Morgan fingerprint density at radius 3 is 0.633 bits per heavy atom. The van der Waals surface area contributed by atoms with Crippen molar-refractivity contribution in [1.82, 2.24) is 0 Å². The van der Waals surface area contributed by atoms with Crippen LogP contribution in [0.1, 0.15) is 439 Å². The highest BCUT2D eigenvalue weighted by molar-refractivity contribution is 6.13. The summed E-state index contributed by atoms with van der Waals surface area (Å²) < 4.78 is 28.1. The minimum Gasteiger partial charge on any atom is -0.492 e. The maximum absolute atomic E-state index is 7.12. The fraction of sp³-hybridized carbons (Fsp3) is 0.837. The highest BCUT2D eigenvalue weighted by Crippen LogP contribution is 2.50. The van der Waals surface area contributed by atoms with Crippen molar-refractivity contribution in [2.24, 2.45) is 0 Å². The molecule has 90 heavy (non-hydrogen) atoms. The Hall–Kier alpha value is -2.62. The number of hydrogen-bond donors (Lipinski definition) is 0. The predicted molar refractivity (Wildman–Crippen MR) is 402 cm³/mol. The van der Waals surface area contributed by atoms with Crippen molar-refractivity contribution in [3.8, 4) is 23.0 Å². The van der Waals surface area contributed by atoms with Crippen LogP contribution in [0.25, 0.3) is 21.5 Å². The summed E-state index contributed by atoms with van der Waals surface area (Å²) in [6.45, 7) is 12.1. The summed E-state index contributed by atoms with van der Waals surface area (Å²) in [4.78, 5) is 0. The van der Waals surface area contributed by atoms with Crippen molar-refractivity contribution >= 4 is 21.5 Å². The second-order valence-electron chi connectivity index (χ2n) is 28.6. The van der Waals surface area contributed by atoms with Crippen LogP contribution in [0.2, 0.25) is 0 Å². The third kappa shape index (κ3) is 44.1. The van der Waals surface area contributed by atoms with Crippen LogP contribution in [0.5, 0.6) is 23.0 Å². The molecule has 0 bridgehead atoms. The molecule has 3 aromatic carbocycles. The van der Waals surface area contributed by atoms with Gasteiger partial charge in [0.15, 0.2) is 11.5 Å². The van der Waals surface area contributed by atoms with Crippen LogP contribution >= 0.6 is 0 Å². The van der Waals surface area contributed by atoms with Gasteiger partial charge in [0.05, 0.1) is 31.8 Å². The average molecular weight is 1250 g/mol. The molecule has 0 saturated carbocycles. The Kier molecular flexibility index (Phi) is 57.8. The molecule has 4 heteroatoms. The van der Waals surface area contributed by atoms with E-state index in [0.29, 0.717) is 19.8 Å². The van der Waals surface area contributed by atoms with Gasteiger partial charge in [-0.2, -0.15) is 0 Å². The summed E-state index contributed by atoms with van der Waals surface area (Å²) in [5, 5.41) is 4.43. The van der Waals surface area contributed by atoms with Crippen molar-refractivity contribution in [1.29, 1.82) is 0 Å². The van der Waals surface area contributed by atoms with Crippen LogP contribution in [0.3, 0.4) is 0 Å². The standard InChI is InChI=1S/C86H154O4/c1-5-9-13-17-21-25-29-33-37-41-45-49-53-57-61-67-75-87-82-74-73-81-83(86(82)90-78-70-64-60-56-52-48-44-40-36-32-28-24-20-16-12-8-4)85(89-77-69-63-59-55-51-47-43-39-35-31-27-23-19-15-11-7-3)80-72-66-65-71-79(80)84(81)88-76-68-62-58-54-50-46-42-38-34-30-26-22-18-14-10-6-2/h65-66,71-74H,5-64,67-70,75-78H2,1-4H3. The Bertz CT molecular complexity index is 1950. The van der Waals surface area contributed by atoms with E-state index in [1.54, 1.807) is 0 Å². The minimum atomic E-state index is 0.688. The average Bonchev–Trinajstić information content (AvgIpc) is 0.780. The molecular formula is C86H154O4. The maximum atomic E-state index is 7.12. The van der Waals surface area contributed by atoms with E-state index in [4.69, 9.17) is 18.9 Å². The molecule has 0 N–H and O–H groups in total. The predicted octanol–water partition coefficient (Wildman–Crippen LogP) is 30.6. The molecule has 0 saturated heterocycles. The lowest BCUT2D eigenvalue weighted by Gasteiger charge is -2.22. The van der Waals surface area contributed by atoms with Gasteiger partial charge in [-0.15, -0.1) is 0 Å². The normalized spacial score (nSPS) is 11.7. The monoisotopic (exact) mass is 1250 g/mol. The highest BCUT2D eigenvalue weighted by Gasteiger charge is 2.23. The fourth-order valence-electron chi connectivity index (χ4n) is 14.0. The highest BCUT2D eigenvalue weighted by atomic mass is 16.5. The molecule has 522 valence electrons. The van der Waals surface area contributed by atoms with E-state index in [9.17, 15) is 0 Å². The molecule has 0 spiro atoms. The lowest BCUT2D eigenvalue weighted by atomic mass is 9.99. The number of ether oxygens (including phenoxy) is 4. The molecule has 0 fully saturated rings. The van der Waals surface area contributed by atoms with Gasteiger partial charge in [-0.25, -0.2) is 0 Å². The first-order valence-electron chi connectivity index (χ1n) is 41.3. The van der Waals surface area contributed by atoms with Gasteiger partial charge in [-0.1, -0.05) is 437 Å². The number of fused-ring (bicyclic) bond motifs is 2. The molecule has 4 nitrogen and oxygen atoms in total. The zero-order valence-corrected chi connectivity index (χ0v) is 61.2. The summed E-state index contributed by atoms with van der Waals surface area (Å²) in [5.74, 6) is 3.66. The van der Waals surface area contributed by atoms with E-state index >= 15 is 0 Å². The zero-order valence-electron chi connectivity index (χ0n) is 61.2. The Morgan fingerprint density at radius 1 is 0.178 bits per heavy atom. The van der Waals surface area contributed by atoms with E-state index in [2.05, 4.69) is 64.1 Å². The minimum absolute atomic E-state index is 0.688. The number of unbranched alkanes of at least 4 members (excludes halogenated alkanes) is 60. The summed E-state index contributed by atoms with van der Waals surface area (Å²) in [6, 6.07) is 13.4. The quantitative estimate of drug-likeness (QED) is 0.0417. The first-order valence-corrected chi connectivity index (χ1v) is 41.3. The molecular weight excluding hydrogens is 1100 g/mol. The lowest BCUT2D eigenvalue weighted by molar-refractivity contribution is 0.259. The molecule has 0 radical (unpaired) electrons. The summed E-state index contributed by atoms with van der Waals surface area (Å²) >= 11 is 0. The molecule has 0 atom stereocenters. The van der Waals surface area contributed by atoms with Crippen LogP contribution in [0.4, 0.5) is 0 Å². The van der Waals surface area contributed by atoms with Gasteiger partial charge in [0.1, 0.15) is 11.5 Å². The van der Waals surface area contributed by atoms with E-state index in [1.165, 1.54) is 385 Å². The van der Waals surface area contributed by atoms with Crippen LogP contribution in [-0.2, 0) is 0 Å². The lowest BCUT2D eigenvalue weighted by Crippen LogP contribution is -2.06. The van der Waals surface area contributed by atoms with Crippen molar-refractivity contribution in [3.63, 3.8) is 0 Å². The molecule has 0 unspecified atom stereocenters. The van der Waals surface area contributed by atoms with Gasteiger partial charge < -0.3 is 18.9 Å². The molecule has 0 amide bonds. The first kappa shape index (κ1) is 81.6. The van der Waals surface area contributed by atoms with Crippen molar-refractivity contribution in [2.75, 3.05) is 26.4 Å².